The van der Waals surface area contributed by atoms with Crippen LogP contribution in [0, 0.1) is 0 Å². The van der Waals surface area contributed by atoms with E-state index in [4.69, 9.17) is 0 Å². The number of hydrogen-bond donors (Lipinski definition) is 0. The fourth-order valence-corrected chi connectivity index (χ4v) is 99.4. The molecule has 15 heavy (non-hydrogen) atoms. The van der Waals surface area contributed by atoms with Crippen LogP contribution in [0.4, 0.5) is 0 Å². The van der Waals surface area contributed by atoms with Gasteiger partial charge in [0, 0.05) is 22.8 Å². The third kappa shape index (κ3) is 2.48. The Morgan fingerprint density at radius 3 is 0.800 bits per heavy atom. The molecule has 0 aliphatic carbocycles. The highest BCUT2D eigenvalue weighted by Crippen LogP contribution is 2.37. The van der Waals surface area contributed by atoms with E-state index < -0.39 is 29.4 Å². The maximum Gasteiger partial charge on any atom is 0.0590 e. The maximum atomic E-state index is 4.30. The zero-order chi connectivity index (χ0) is 12.7. The van der Waals surface area contributed by atoms with Crippen LogP contribution in [-0.4, -0.2) is 29.4 Å². The summed E-state index contributed by atoms with van der Waals surface area (Å²) in [6, 6.07) is 0. The molecule has 90 valence electrons. The van der Waals surface area contributed by atoms with Gasteiger partial charge in [0.1, 0.15) is 0 Å². The first-order valence-corrected chi connectivity index (χ1v) is 21.5. The Hall–Kier alpha value is 0.608. The molecule has 0 amide bonds. The molecule has 0 aromatic carbocycles. The van der Waals surface area contributed by atoms with Crippen molar-refractivity contribution in [3.05, 3.63) is 12.3 Å². The molecule has 0 unspecified atom stereocenters. The summed E-state index contributed by atoms with van der Waals surface area (Å²) in [6.45, 7) is 26.5. The number of hydrogen-bond acceptors (Lipinski definition) is 0. The molecular formula is C11H30Si4. The van der Waals surface area contributed by atoms with Crippen LogP contribution in [0.1, 0.15) is 0 Å². The summed E-state index contributed by atoms with van der Waals surface area (Å²) in [5.74, 6) is 0. The Bertz CT molecular complexity index is 201. The second-order valence-corrected chi connectivity index (χ2v) is 48.4. The molecule has 0 radical (unpaired) electrons. The van der Waals surface area contributed by atoms with Gasteiger partial charge in [-0.15, -0.1) is 12.3 Å². The normalized spacial score (nSPS) is 15.3. The van der Waals surface area contributed by atoms with E-state index in [1.54, 1.807) is 0 Å². The molecule has 0 saturated heterocycles. The van der Waals surface area contributed by atoms with Crippen LogP contribution in [0.5, 0.6) is 0 Å². The highest BCUT2D eigenvalue weighted by molar-refractivity contribution is 7.90. The first kappa shape index (κ1) is 15.6. The van der Waals surface area contributed by atoms with E-state index in [0.717, 1.165) is 0 Å². The summed E-state index contributed by atoms with van der Waals surface area (Å²) in [6.07, 6.45) is 0. The van der Waals surface area contributed by atoms with Crippen molar-refractivity contribution in [1.29, 1.82) is 0 Å². The molecule has 0 atom stereocenters. The van der Waals surface area contributed by atoms with E-state index in [9.17, 15) is 0 Å². The van der Waals surface area contributed by atoms with Crippen LogP contribution >= 0.6 is 0 Å². The van der Waals surface area contributed by atoms with Gasteiger partial charge in [-0.05, 0) is 0 Å². The van der Waals surface area contributed by atoms with E-state index in [1.165, 1.54) is 0 Å². The smallest absolute Gasteiger partial charge is 0.0590 e. The van der Waals surface area contributed by atoms with E-state index >= 15 is 0 Å². The Labute approximate surface area is 101 Å². The summed E-state index contributed by atoms with van der Waals surface area (Å²) in [5.41, 5.74) is 2.51. The molecular weight excluding hydrogens is 244 g/mol. The maximum absolute atomic E-state index is 4.30. The van der Waals surface area contributed by atoms with E-state index in [2.05, 4.69) is 71.2 Å². The quantitative estimate of drug-likeness (QED) is 0.666. The van der Waals surface area contributed by atoms with Crippen molar-refractivity contribution in [2.45, 2.75) is 58.9 Å². The van der Waals surface area contributed by atoms with Crippen molar-refractivity contribution in [3.63, 3.8) is 0 Å². The molecule has 0 nitrogen and oxygen atoms in total. The monoisotopic (exact) mass is 274 g/mol. The lowest BCUT2D eigenvalue weighted by Gasteiger charge is -2.55. The predicted octanol–water partition coefficient (Wildman–Crippen LogP) is 4.41. The fraction of sp³-hybridized carbons (Fsp3) is 0.818. The van der Waals surface area contributed by atoms with Crippen LogP contribution in [0.2, 0.25) is 58.9 Å². The molecule has 0 heterocycles. The molecule has 0 saturated carbocycles. The van der Waals surface area contributed by atoms with E-state index in [1.807, 2.05) is 0 Å². The lowest BCUT2D eigenvalue weighted by Crippen LogP contribution is -2.81. The van der Waals surface area contributed by atoms with Gasteiger partial charge in [-0.3, -0.25) is 0 Å². The molecule has 0 aromatic heterocycles. The van der Waals surface area contributed by atoms with Gasteiger partial charge < -0.3 is 0 Å². The molecule has 0 aliphatic rings. The van der Waals surface area contributed by atoms with Crippen LogP contribution in [0.3, 0.4) is 0 Å². The van der Waals surface area contributed by atoms with Crippen molar-refractivity contribution in [2.75, 3.05) is 0 Å². The topological polar surface area (TPSA) is 0 Å². The average molecular weight is 275 g/mol. The van der Waals surface area contributed by atoms with Crippen LogP contribution in [-0.2, 0) is 0 Å². The van der Waals surface area contributed by atoms with Gasteiger partial charge in [0.25, 0.3) is 0 Å². The first-order chi connectivity index (χ1) is 6.31. The predicted molar refractivity (Wildman–Crippen MR) is 86.0 cm³/mol. The van der Waals surface area contributed by atoms with Gasteiger partial charge in [-0.2, -0.15) is 0 Å². The Balaban J connectivity index is 5.89. The highest BCUT2D eigenvalue weighted by atomic mass is 29.9. The molecule has 0 aliphatic heterocycles. The van der Waals surface area contributed by atoms with Crippen molar-refractivity contribution < 1.29 is 0 Å². The third-order valence-corrected chi connectivity index (χ3v) is 75.2. The average Bonchev–Trinajstić information content (AvgIpc) is 1.76. The standard InChI is InChI=1S/C11H30Si4/c1-11-15(12(2,3)4,13(5,6)7)14(8,9)10/h11H,1H2,2-10H3. The van der Waals surface area contributed by atoms with Crippen molar-refractivity contribution >= 4 is 29.4 Å². The molecule has 0 bridgehead atoms. The minimum atomic E-state index is -1.19. The fourth-order valence-electron chi connectivity index (χ4n) is 4.29. The first-order valence-electron chi connectivity index (χ1n) is 5.95. The molecule has 4 heteroatoms. The van der Waals surface area contributed by atoms with Gasteiger partial charge >= 0.3 is 0 Å². The van der Waals surface area contributed by atoms with Gasteiger partial charge in [0.2, 0.25) is 0 Å². The number of rotatable bonds is 4. The SMILES string of the molecule is C=C[Si]([Si](C)(C)C)([Si](C)(C)C)[Si](C)(C)C. The summed E-state index contributed by atoms with van der Waals surface area (Å²) in [5, 5.41) is 0. The van der Waals surface area contributed by atoms with E-state index in [0.29, 0.717) is 0 Å². The van der Waals surface area contributed by atoms with Gasteiger partial charge in [-0.1, -0.05) is 58.9 Å². The third-order valence-electron chi connectivity index (χ3n) is 3.86. The van der Waals surface area contributed by atoms with Gasteiger partial charge in [0.05, 0.1) is 6.63 Å². The molecule has 0 spiro atoms. The Morgan fingerprint density at radius 1 is 0.600 bits per heavy atom. The van der Waals surface area contributed by atoms with Gasteiger partial charge in [-0.25, -0.2) is 0 Å². The largest absolute Gasteiger partial charge is 0.109 e. The minimum absolute atomic E-state index is 1.06. The second-order valence-electron chi connectivity index (χ2n) is 7.76. The lowest BCUT2D eigenvalue weighted by molar-refractivity contribution is 1.74. The summed E-state index contributed by atoms with van der Waals surface area (Å²) in [4.78, 5) is 0. The minimum Gasteiger partial charge on any atom is -0.109 e. The Kier molecular flexibility index (Phi) is 4.29. The van der Waals surface area contributed by atoms with Gasteiger partial charge in [0.15, 0.2) is 0 Å². The van der Waals surface area contributed by atoms with Crippen LogP contribution in [0.15, 0.2) is 12.3 Å². The highest BCUT2D eigenvalue weighted by Gasteiger charge is 2.59. The van der Waals surface area contributed by atoms with Crippen molar-refractivity contribution in [3.8, 4) is 0 Å². The van der Waals surface area contributed by atoms with E-state index in [-0.39, 0.29) is 0 Å². The summed E-state index contributed by atoms with van der Waals surface area (Å²) >= 11 is 0. The van der Waals surface area contributed by atoms with Crippen molar-refractivity contribution in [2.24, 2.45) is 0 Å². The molecule has 0 aromatic rings. The zero-order valence-electron chi connectivity index (χ0n) is 12.3. The zero-order valence-corrected chi connectivity index (χ0v) is 16.3. The summed E-state index contributed by atoms with van der Waals surface area (Å²) < 4.78 is 0. The van der Waals surface area contributed by atoms with Crippen molar-refractivity contribution in [1.82, 2.24) is 0 Å². The second kappa shape index (κ2) is 4.12. The molecule has 0 fully saturated rings. The lowest BCUT2D eigenvalue weighted by atomic mass is 11.3. The molecule has 0 rings (SSSR count). The molecule has 0 N–H and O–H groups in total. The van der Waals surface area contributed by atoms with Crippen LogP contribution in [0.25, 0.3) is 0 Å². The summed E-state index contributed by atoms with van der Waals surface area (Å²) in [7, 11) is -3.19. The Morgan fingerprint density at radius 2 is 0.800 bits per heavy atom. The van der Waals surface area contributed by atoms with Crippen LogP contribution < -0.4 is 0 Å².